The Morgan fingerprint density at radius 1 is 0.944 bits per heavy atom. The topological polar surface area (TPSA) is 130 Å². The molecule has 0 spiro atoms. The van der Waals surface area contributed by atoms with Gasteiger partial charge in [-0.1, -0.05) is 36.4 Å². The molecule has 0 radical (unpaired) electrons. The molecule has 2 atom stereocenters. The van der Waals surface area contributed by atoms with Crippen LogP contribution in [0.2, 0.25) is 0 Å². The summed E-state index contributed by atoms with van der Waals surface area (Å²) in [5, 5.41) is 27.6. The van der Waals surface area contributed by atoms with Crippen LogP contribution in [-0.2, 0) is 23.9 Å². The minimum atomic E-state index is -1.25. The molecule has 2 aromatic rings. The van der Waals surface area contributed by atoms with E-state index in [4.69, 9.17) is 14.6 Å². The quantitative estimate of drug-likeness (QED) is 0.250. The number of cyclic esters (lactones) is 2. The molecule has 2 unspecified atom stereocenters. The number of carbonyl (C=O) groups excluding carboxylic acids is 2. The van der Waals surface area contributed by atoms with E-state index < -0.39 is 35.5 Å². The van der Waals surface area contributed by atoms with E-state index in [0.717, 1.165) is 5.56 Å². The first-order chi connectivity index (χ1) is 17.0. The summed E-state index contributed by atoms with van der Waals surface area (Å²) in [5.74, 6) is -4.76. The second-order valence-electron chi connectivity index (χ2n) is 8.86. The number of hydrogen-bond donors (Lipinski definition) is 3. The molecule has 1 saturated heterocycles. The number of esters is 2. The summed E-state index contributed by atoms with van der Waals surface area (Å²) in [5.41, 5.74) is 1.49. The zero-order valence-electron chi connectivity index (χ0n) is 20.4. The van der Waals surface area contributed by atoms with Gasteiger partial charge < -0.3 is 24.8 Å². The molecule has 36 heavy (non-hydrogen) atoms. The maximum Gasteiger partial charge on any atom is 0.324 e. The molecule has 2 aromatic carbocycles. The minimum absolute atomic E-state index is 0.0511. The minimum Gasteiger partial charge on any atom is -0.508 e. The molecule has 3 N–H and O–H groups in total. The highest BCUT2D eigenvalue weighted by Crippen LogP contribution is 2.36. The summed E-state index contributed by atoms with van der Waals surface area (Å²) in [6, 6.07) is 13.1. The van der Waals surface area contributed by atoms with Gasteiger partial charge in [0.1, 0.15) is 11.5 Å². The van der Waals surface area contributed by atoms with Crippen molar-refractivity contribution in [1.29, 1.82) is 0 Å². The van der Waals surface area contributed by atoms with Crippen molar-refractivity contribution in [2.45, 2.75) is 50.7 Å². The molecule has 8 nitrogen and oxygen atoms in total. The number of allylic oxidation sites excluding steroid dienone is 2. The lowest BCUT2D eigenvalue weighted by Gasteiger charge is -2.35. The molecule has 3 rings (SSSR count). The van der Waals surface area contributed by atoms with Crippen molar-refractivity contribution in [3.63, 3.8) is 0 Å². The van der Waals surface area contributed by atoms with Crippen molar-refractivity contribution in [2.24, 2.45) is 5.92 Å². The number of hydrogen-bond acceptors (Lipinski definition) is 7. The van der Waals surface area contributed by atoms with Crippen LogP contribution in [0.25, 0.3) is 0 Å². The molecule has 0 saturated carbocycles. The number of aromatic hydroxyl groups is 2. The van der Waals surface area contributed by atoms with E-state index in [1.807, 2.05) is 6.07 Å². The Morgan fingerprint density at radius 3 is 1.92 bits per heavy atom. The van der Waals surface area contributed by atoms with E-state index in [0.29, 0.717) is 18.4 Å². The fourth-order valence-electron chi connectivity index (χ4n) is 3.98. The molecule has 1 aliphatic rings. The van der Waals surface area contributed by atoms with Gasteiger partial charge in [-0.15, -0.1) is 13.2 Å². The summed E-state index contributed by atoms with van der Waals surface area (Å²) in [6.07, 6.45) is 4.34. The Bertz CT molecular complexity index is 1080. The van der Waals surface area contributed by atoms with E-state index in [-0.39, 0.29) is 23.8 Å². The number of aliphatic carboxylic acids is 1. The van der Waals surface area contributed by atoms with E-state index in [1.54, 1.807) is 42.5 Å². The fourth-order valence-corrected chi connectivity index (χ4v) is 3.98. The number of carboxylic acid groups (broad SMARTS) is 1. The third-order valence-corrected chi connectivity index (χ3v) is 5.54. The van der Waals surface area contributed by atoms with E-state index in [1.165, 1.54) is 26.0 Å². The SMILES string of the molecule is C=CCC(CC(=O)O)c1cccc(O)c1.C=CCC(c1cccc(O)c1)C1C(=O)OC(C)(C)OC1=O. The smallest absolute Gasteiger partial charge is 0.324 e. The lowest BCUT2D eigenvalue weighted by molar-refractivity contribution is -0.241. The summed E-state index contributed by atoms with van der Waals surface area (Å²) in [7, 11) is 0. The van der Waals surface area contributed by atoms with Crippen molar-refractivity contribution >= 4 is 17.9 Å². The average molecular weight is 497 g/mol. The molecule has 0 bridgehead atoms. The van der Waals surface area contributed by atoms with E-state index in [2.05, 4.69) is 13.2 Å². The van der Waals surface area contributed by atoms with Gasteiger partial charge in [0.2, 0.25) is 0 Å². The van der Waals surface area contributed by atoms with Gasteiger partial charge in [0, 0.05) is 19.8 Å². The van der Waals surface area contributed by atoms with Crippen LogP contribution in [0.1, 0.15) is 56.1 Å². The van der Waals surface area contributed by atoms with Gasteiger partial charge in [-0.3, -0.25) is 14.4 Å². The first-order valence-electron chi connectivity index (χ1n) is 11.4. The molecule has 1 heterocycles. The molecule has 0 aromatic heterocycles. The van der Waals surface area contributed by atoms with Crippen LogP contribution in [0.5, 0.6) is 11.5 Å². The maximum atomic E-state index is 12.2. The third kappa shape index (κ3) is 8.01. The van der Waals surface area contributed by atoms with Crippen molar-refractivity contribution in [2.75, 3.05) is 0 Å². The van der Waals surface area contributed by atoms with Crippen molar-refractivity contribution < 1.29 is 39.2 Å². The second-order valence-corrected chi connectivity index (χ2v) is 8.86. The molecule has 1 aliphatic heterocycles. The second kappa shape index (κ2) is 12.6. The van der Waals surface area contributed by atoms with Crippen LogP contribution in [0.4, 0.5) is 0 Å². The lowest BCUT2D eigenvalue weighted by Crippen LogP contribution is -2.48. The number of rotatable bonds is 9. The number of carboxylic acids is 1. The Balaban J connectivity index is 0.000000269. The van der Waals surface area contributed by atoms with Crippen molar-refractivity contribution in [1.82, 2.24) is 0 Å². The predicted molar refractivity (Wildman–Crippen MR) is 133 cm³/mol. The summed E-state index contributed by atoms with van der Waals surface area (Å²) in [6.45, 7) is 10.3. The van der Waals surface area contributed by atoms with Crippen LogP contribution < -0.4 is 0 Å². The fraction of sp³-hybridized carbons (Fsp3) is 0.321. The first kappa shape index (κ1) is 28.2. The number of carbonyl (C=O) groups is 3. The Morgan fingerprint density at radius 2 is 1.44 bits per heavy atom. The largest absolute Gasteiger partial charge is 0.508 e. The van der Waals surface area contributed by atoms with Crippen molar-refractivity contribution in [3.8, 4) is 11.5 Å². The lowest BCUT2D eigenvalue weighted by atomic mass is 9.83. The van der Waals surface area contributed by atoms with Gasteiger partial charge in [-0.2, -0.15) is 0 Å². The standard InChI is InChI=1S/C16H18O5.C12H14O3/c1-4-6-12(10-7-5-8-11(17)9-10)13-14(18)20-16(2,3)21-15(13)19;1-2-4-9(8-12(14)15)10-5-3-6-11(13)7-10/h4-5,7-9,12-13,17H,1,6H2,2-3H3;2-3,5-7,9,13H,1,4,8H2,(H,14,15). The number of ether oxygens (including phenoxy) is 2. The van der Waals surface area contributed by atoms with Gasteiger partial charge in [-0.25, -0.2) is 0 Å². The monoisotopic (exact) mass is 496 g/mol. The zero-order valence-corrected chi connectivity index (χ0v) is 20.4. The van der Waals surface area contributed by atoms with Gasteiger partial charge in [0.25, 0.3) is 5.79 Å². The van der Waals surface area contributed by atoms with Gasteiger partial charge >= 0.3 is 17.9 Å². The van der Waals surface area contributed by atoms with E-state index in [9.17, 15) is 24.6 Å². The number of phenols is 2. The number of phenolic OH excluding ortho intramolecular Hbond substituents is 2. The summed E-state index contributed by atoms with van der Waals surface area (Å²) < 4.78 is 10.3. The highest BCUT2D eigenvalue weighted by atomic mass is 16.7. The predicted octanol–water partition coefficient (Wildman–Crippen LogP) is 5.03. The Labute approximate surface area is 210 Å². The molecular weight excluding hydrogens is 464 g/mol. The van der Waals surface area contributed by atoms with Crippen LogP contribution in [-0.4, -0.2) is 39.0 Å². The summed E-state index contributed by atoms with van der Waals surface area (Å²) >= 11 is 0. The first-order valence-corrected chi connectivity index (χ1v) is 11.4. The van der Waals surface area contributed by atoms with Crippen molar-refractivity contribution in [3.05, 3.63) is 85.0 Å². The molecule has 8 heteroatoms. The maximum absolute atomic E-state index is 12.2. The van der Waals surface area contributed by atoms with E-state index >= 15 is 0 Å². The molecule has 0 amide bonds. The molecule has 1 fully saturated rings. The van der Waals surface area contributed by atoms with Crippen LogP contribution in [0, 0.1) is 5.92 Å². The molecule has 0 aliphatic carbocycles. The Kier molecular flexibility index (Phi) is 9.84. The third-order valence-electron chi connectivity index (χ3n) is 5.54. The van der Waals surface area contributed by atoms with Gasteiger partial charge in [0.15, 0.2) is 5.92 Å². The highest BCUT2D eigenvalue weighted by Gasteiger charge is 2.47. The highest BCUT2D eigenvalue weighted by molar-refractivity contribution is 5.97. The van der Waals surface area contributed by atoms with Crippen LogP contribution in [0.15, 0.2) is 73.8 Å². The summed E-state index contributed by atoms with van der Waals surface area (Å²) in [4.78, 5) is 35.0. The normalized spacial score (nSPS) is 16.4. The van der Waals surface area contributed by atoms with Crippen LogP contribution >= 0.6 is 0 Å². The van der Waals surface area contributed by atoms with Gasteiger partial charge in [-0.05, 0) is 54.2 Å². The zero-order chi connectivity index (χ0) is 26.9. The van der Waals surface area contributed by atoms with Crippen LogP contribution in [0.3, 0.4) is 0 Å². The average Bonchev–Trinajstić information content (AvgIpc) is 2.77. The molecule has 192 valence electrons. The molecular formula is C28H32O8. The Hall–Kier alpha value is -4.07. The van der Waals surface area contributed by atoms with Gasteiger partial charge in [0.05, 0.1) is 6.42 Å². The number of benzene rings is 2.